The minimum absolute atomic E-state index is 0.0426. The number of hydrogen-bond acceptors (Lipinski definition) is 6. The highest BCUT2D eigenvalue weighted by Crippen LogP contribution is 2.47. The molecule has 2 N–H and O–H groups in total. The van der Waals surface area contributed by atoms with Gasteiger partial charge in [0, 0.05) is 29.4 Å². The number of rotatable bonds is 4. The molecule has 3 aromatic rings. The minimum atomic E-state index is -0.523. The van der Waals surface area contributed by atoms with Gasteiger partial charge < -0.3 is 10.3 Å². The summed E-state index contributed by atoms with van der Waals surface area (Å²) in [5, 5.41) is 13.1. The lowest BCUT2D eigenvalue weighted by atomic mass is 9.69. The van der Waals surface area contributed by atoms with Crippen LogP contribution in [-0.2, 0) is 10.5 Å². The molecule has 0 bridgehead atoms. The zero-order chi connectivity index (χ0) is 24.7. The first-order valence-electron chi connectivity index (χ1n) is 11.6. The molecular weight excluding hydrogens is 456 g/mol. The molecule has 2 heterocycles. The minimum Gasteiger partial charge on any atom is -0.343 e. The monoisotopic (exact) mass is 482 g/mol. The van der Waals surface area contributed by atoms with Crippen LogP contribution in [0, 0.1) is 23.7 Å². The van der Waals surface area contributed by atoms with Crippen molar-refractivity contribution in [3.8, 4) is 6.07 Å². The molecule has 0 unspecified atom stereocenters. The number of aromatic nitrogens is 2. The second-order valence-corrected chi connectivity index (χ2v) is 11.0. The van der Waals surface area contributed by atoms with Gasteiger partial charge in [-0.3, -0.25) is 9.59 Å². The first-order valence-corrected chi connectivity index (χ1v) is 12.6. The average molecular weight is 483 g/mol. The second kappa shape index (κ2) is 8.86. The first-order chi connectivity index (χ1) is 16.7. The van der Waals surface area contributed by atoms with E-state index < -0.39 is 5.92 Å². The molecule has 2 aromatic carbocycles. The molecule has 35 heavy (non-hydrogen) atoms. The summed E-state index contributed by atoms with van der Waals surface area (Å²) in [6.07, 6.45) is 1.12. The van der Waals surface area contributed by atoms with E-state index in [1.807, 2.05) is 12.1 Å². The topological polar surface area (TPSA) is 98.6 Å². The number of allylic oxidation sites excluding steroid dienone is 2. The molecule has 176 valence electrons. The fraction of sp³-hybridized carbons (Fsp3) is 0.286. The Morgan fingerprint density at radius 2 is 1.80 bits per heavy atom. The zero-order valence-electron chi connectivity index (χ0n) is 19.9. The van der Waals surface area contributed by atoms with Crippen molar-refractivity contribution < 1.29 is 4.79 Å². The van der Waals surface area contributed by atoms with Crippen LogP contribution >= 0.6 is 11.8 Å². The van der Waals surface area contributed by atoms with Crippen molar-refractivity contribution in [2.45, 2.75) is 50.4 Å². The molecule has 1 aromatic heterocycles. The number of carbonyl (C=O) groups is 1. The highest BCUT2D eigenvalue weighted by atomic mass is 32.2. The molecule has 1 aliphatic carbocycles. The molecule has 6 nitrogen and oxygen atoms in total. The fourth-order valence-corrected chi connectivity index (χ4v) is 5.70. The van der Waals surface area contributed by atoms with Gasteiger partial charge in [-0.1, -0.05) is 67.6 Å². The van der Waals surface area contributed by atoms with Crippen molar-refractivity contribution in [3.63, 3.8) is 0 Å². The van der Waals surface area contributed by atoms with Gasteiger partial charge in [0.05, 0.1) is 17.2 Å². The van der Waals surface area contributed by atoms with E-state index in [1.165, 1.54) is 17.3 Å². The van der Waals surface area contributed by atoms with Gasteiger partial charge in [-0.25, -0.2) is 4.98 Å². The third-order valence-corrected chi connectivity index (χ3v) is 7.51. The number of thioether (sulfide) groups is 1. The van der Waals surface area contributed by atoms with E-state index in [-0.39, 0.29) is 16.8 Å². The van der Waals surface area contributed by atoms with Crippen LogP contribution in [0.1, 0.15) is 60.4 Å². The van der Waals surface area contributed by atoms with E-state index in [9.17, 15) is 14.9 Å². The summed E-state index contributed by atoms with van der Waals surface area (Å²) in [4.78, 5) is 34.5. The Hall–Kier alpha value is -3.63. The number of Topliss-reactive ketones (excluding diaryl/α,β-unsaturated/α-hetero) is 1. The van der Waals surface area contributed by atoms with Crippen molar-refractivity contribution in [3.05, 3.63) is 98.0 Å². The summed E-state index contributed by atoms with van der Waals surface area (Å²) < 4.78 is 0. The van der Waals surface area contributed by atoms with Gasteiger partial charge in [0.2, 0.25) is 0 Å². The summed E-state index contributed by atoms with van der Waals surface area (Å²) in [5.74, 6) is 0.699. The molecule has 0 saturated carbocycles. The lowest BCUT2D eigenvalue weighted by molar-refractivity contribution is -0.118. The van der Waals surface area contributed by atoms with Crippen molar-refractivity contribution in [2.24, 2.45) is 5.41 Å². The molecule has 1 aliphatic heterocycles. The predicted octanol–water partition coefficient (Wildman–Crippen LogP) is 5.44. The summed E-state index contributed by atoms with van der Waals surface area (Å²) >= 11 is 1.47. The summed E-state index contributed by atoms with van der Waals surface area (Å²) in [6.45, 7) is 6.21. The molecule has 7 heteroatoms. The van der Waals surface area contributed by atoms with Gasteiger partial charge in [0.1, 0.15) is 5.82 Å². The number of aryl methyl sites for hydroxylation is 1. The molecule has 0 fully saturated rings. The molecule has 0 saturated heterocycles. The number of nitriles is 1. The van der Waals surface area contributed by atoms with Gasteiger partial charge in [0.25, 0.3) is 5.56 Å². The normalized spacial score (nSPS) is 18.3. The number of nitrogens with zero attached hydrogens (tertiary/aromatic N) is 2. The van der Waals surface area contributed by atoms with E-state index in [0.717, 1.165) is 16.8 Å². The quantitative estimate of drug-likeness (QED) is 0.379. The molecular formula is C28H26N4O2S. The highest BCUT2D eigenvalue weighted by Gasteiger charge is 2.42. The van der Waals surface area contributed by atoms with Gasteiger partial charge in [0.15, 0.2) is 10.9 Å². The number of anilines is 1. The van der Waals surface area contributed by atoms with E-state index in [2.05, 4.69) is 61.4 Å². The number of benzene rings is 2. The number of ketones is 1. The van der Waals surface area contributed by atoms with E-state index in [4.69, 9.17) is 4.98 Å². The lowest BCUT2D eigenvalue weighted by Gasteiger charge is -2.38. The number of nitrogens with one attached hydrogen (secondary N) is 2. The molecule has 5 rings (SSSR count). The van der Waals surface area contributed by atoms with Crippen LogP contribution in [0.2, 0.25) is 0 Å². The van der Waals surface area contributed by atoms with E-state index >= 15 is 0 Å². The zero-order valence-corrected chi connectivity index (χ0v) is 20.8. The van der Waals surface area contributed by atoms with Crippen LogP contribution in [-0.4, -0.2) is 15.8 Å². The van der Waals surface area contributed by atoms with Gasteiger partial charge in [-0.05, 0) is 42.0 Å². The third kappa shape index (κ3) is 4.54. The summed E-state index contributed by atoms with van der Waals surface area (Å²) in [6, 6.07) is 17.5. The summed E-state index contributed by atoms with van der Waals surface area (Å²) in [7, 11) is 0. The predicted molar refractivity (Wildman–Crippen MR) is 137 cm³/mol. The molecule has 0 amide bonds. The third-order valence-electron chi connectivity index (χ3n) is 6.57. The number of hydrogen-bond donors (Lipinski definition) is 2. The van der Waals surface area contributed by atoms with Crippen LogP contribution in [0.4, 0.5) is 5.82 Å². The summed E-state index contributed by atoms with van der Waals surface area (Å²) in [5.41, 5.74) is 5.16. The molecule has 2 aliphatic rings. The van der Waals surface area contributed by atoms with Crippen LogP contribution < -0.4 is 10.9 Å². The Labute approximate surface area is 208 Å². The van der Waals surface area contributed by atoms with Gasteiger partial charge in [-0.2, -0.15) is 5.26 Å². The number of fused-ring (bicyclic) bond motifs is 1. The number of carbonyl (C=O) groups excluding carboxylic acids is 1. The Kier molecular flexibility index (Phi) is 5.86. The van der Waals surface area contributed by atoms with Gasteiger partial charge >= 0.3 is 0 Å². The molecule has 1 atom stereocenters. The average Bonchev–Trinajstić information content (AvgIpc) is 2.81. The van der Waals surface area contributed by atoms with Crippen LogP contribution in [0.25, 0.3) is 0 Å². The fourth-order valence-electron chi connectivity index (χ4n) is 4.88. The lowest BCUT2D eigenvalue weighted by Crippen LogP contribution is -2.37. The SMILES string of the molecule is Cc1ccc(CSc2nc3c(c(=O)[nH]2)[C@@H](c2ccc(C#N)cc2)C2=C(CC(C)(C)CC2=O)N3)cc1. The van der Waals surface area contributed by atoms with Crippen LogP contribution in [0.5, 0.6) is 0 Å². The number of aromatic amines is 1. The van der Waals surface area contributed by atoms with Crippen LogP contribution in [0.3, 0.4) is 0 Å². The van der Waals surface area contributed by atoms with Crippen molar-refractivity contribution >= 4 is 23.4 Å². The Morgan fingerprint density at radius 1 is 1.09 bits per heavy atom. The maximum atomic E-state index is 13.4. The molecule has 0 radical (unpaired) electrons. The highest BCUT2D eigenvalue weighted by molar-refractivity contribution is 7.98. The Balaban J connectivity index is 1.57. The van der Waals surface area contributed by atoms with E-state index in [0.29, 0.717) is 46.3 Å². The van der Waals surface area contributed by atoms with Crippen molar-refractivity contribution in [2.75, 3.05) is 5.32 Å². The maximum Gasteiger partial charge on any atom is 0.257 e. The maximum absolute atomic E-state index is 13.4. The first kappa shape index (κ1) is 23.1. The Bertz CT molecular complexity index is 1440. The molecule has 0 spiro atoms. The number of H-pyrrole nitrogens is 1. The largest absolute Gasteiger partial charge is 0.343 e. The van der Waals surface area contributed by atoms with Crippen molar-refractivity contribution in [1.82, 2.24) is 9.97 Å². The van der Waals surface area contributed by atoms with Crippen LogP contribution in [0.15, 0.2) is 69.8 Å². The van der Waals surface area contributed by atoms with Gasteiger partial charge in [-0.15, -0.1) is 0 Å². The van der Waals surface area contributed by atoms with Crippen molar-refractivity contribution in [1.29, 1.82) is 5.26 Å². The second-order valence-electron chi connectivity index (χ2n) is 10.0. The smallest absolute Gasteiger partial charge is 0.257 e. The Morgan fingerprint density at radius 3 is 2.49 bits per heavy atom. The van der Waals surface area contributed by atoms with E-state index in [1.54, 1.807) is 12.1 Å². The standard InChI is InChI=1S/C28H26N4O2S/c1-16-4-6-18(7-5-16)15-35-27-31-25-24(26(34)32-27)22(19-10-8-17(14-29)9-11-19)23-20(30-25)12-28(2,3)13-21(23)33/h4-11,22H,12-13,15H2,1-3H3,(H2,30,31,32,34)/t22-/m0/s1.